The molecule has 0 spiro atoms. The van der Waals surface area contributed by atoms with Gasteiger partial charge in [0, 0.05) is 17.8 Å². The largest absolute Gasteiger partial charge is 0.481 e. The maximum Gasteiger partial charge on any atom is 0.315 e. The van der Waals surface area contributed by atoms with Crippen LogP contribution in [0.3, 0.4) is 0 Å². The molecule has 0 aliphatic heterocycles. The van der Waals surface area contributed by atoms with E-state index in [-0.39, 0.29) is 18.5 Å². The molecule has 9 nitrogen and oxygen atoms in total. The molecule has 0 radical (unpaired) electrons. The van der Waals surface area contributed by atoms with Crippen LogP contribution < -0.4 is 15.4 Å². The summed E-state index contributed by atoms with van der Waals surface area (Å²) in [4.78, 5) is 20.0. The highest BCUT2D eigenvalue weighted by molar-refractivity contribution is 5.73. The Morgan fingerprint density at radius 2 is 2.12 bits per heavy atom. The van der Waals surface area contributed by atoms with Crippen molar-refractivity contribution in [1.29, 1.82) is 0 Å². The van der Waals surface area contributed by atoms with Crippen molar-refractivity contribution in [2.45, 2.75) is 13.1 Å². The van der Waals surface area contributed by atoms with Crippen molar-refractivity contribution < 1.29 is 18.5 Å². The van der Waals surface area contributed by atoms with Crippen molar-refractivity contribution in [2.24, 2.45) is 0 Å². The first-order valence-electron chi connectivity index (χ1n) is 7.11. The Morgan fingerprint density at radius 3 is 2.83 bits per heavy atom. The quantitative estimate of drug-likeness (QED) is 0.707. The molecule has 24 heavy (non-hydrogen) atoms. The van der Waals surface area contributed by atoms with Crippen molar-refractivity contribution in [2.75, 3.05) is 7.11 Å². The third kappa shape index (κ3) is 3.88. The minimum Gasteiger partial charge on any atom is -0.481 e. The number of nitrogens with zero attached hydrogens (tertiary/aromatic N) is 3. The van der Waals surface area contributed by atoms with Crippen LogP contribution in [0, 0.1) is 0 Å². The Kier molecular flexibility index (Phi) is 4.70. The highest BCUT2D eigenvalue weighted by atomic mass is 16.5. The van der Waals surface area contributed by atoms with Gasteiger partial charge in [0.05, 0.1) is 26.5 Å². The average Bonchev–Trinajstić information content (AvgIpc) is 3.30. The van der Waals surface area contributed by atoms with Gasteiger partial charge < -0.3 is 24.3 Å². The number of amides is 2. The van der Waals surface area contributed by atoms with E-state index in [1.807, 2.05) is 0 Å². The zero-order chi connectivity index (χ0) is 16.8. The normalized spacial score (nSPS) is 10.4. The second-order valence-corrected chi connectivity index (χ2v) is 4.72. The molecule has 2 N–H and O–H groups in total. The Hall–Kier alpha value is -3.36. The monoisotopic (exact) mass is 329 g/mol. The lowest BCUT2D eigenvalue weighted by molar-refractivity contribution is 0.237. The summed E-state index contributed by atoms with van der Waals surface area (Å²) < 4.78 is 15.2. The number of hydrogen-bond donors (Lipinski definition) is 2. The number of hydrogen-bond acceptors (Lipinski definition) is 7. The highest BCUT2D eigenvalue weighted by Crippen LogP contribution is 2.17. The summed E-state index contributed by atoms with van der Waals surface area (Å²) in [6, 6.07) is 6.63. The number of ether oxygens (including phenoxy) is 1. The topological polar surface area (TPSA) is 115 Å². The number of rotatable bonds is 6. The fraction of sp³-hybridized carbons (Fsp3) is 0.200. The van der Waals surface area contributed by atoms with Crippen LogP contribution in [0.1, 0.15) is 11.7 Å². The van der Waals surface area contributed by atoms with Crippen LogP contribution in [0.15, 0.2) is 45.7 Å². The number of nitrogens with one attached hydrogen (secondary N) is 2. The molecule has 3 aromatic rings. The van der Waals surface area contributed by atoms with Gasteiger partial charge in [-0.3, -0.25) is 0 Å². The molecule has 0 saturated carbocycles. The molecule has 0 aromatic carbocycles. The van der Waals surface area contributed by atoms with Crippen molar-refractivity contribution in [3.63, 3.8) is 0 Å². The molecule has 3 rings (SSSR count). The van der Waals surface area contributed by atoms with Gasteiger partial charge in [-0.2, -0.15) is 4.98 Å². The van der Waals surface area contributed by atoms with Crippen molar-refractivity contribution in [1.82, 2.24) is 25.8 Å². The number of carbonyl (C=O) groups is 1. The number of aromatic nitrogens is 3. The van der Waals surface area contributed by atoms with E-state index < -0.39 is 0 Å². The molecule has 0 aliphatic rings. The molecular weight excluding hydrogens is 314 g/mol. The van der Waals surface area contributed by atoms with Gasteiger partial charge in [0.15, 0.2) is 0 Å². The lowest BCUT2D eigenvalue weighted by Crippen LogP contribution is -2.34. The van der Waals surface area contributed by atoms with E-state index in [2.05, 4.69) is 25.8 Å². The third-order valence-corrected chi connectivity index (χ3v) is 3.08. The predicted molar refractivity (Wildman–Crippen MR) is 81.9 cm³/mol. The molecule has 2 amide bonds. The van der Waals surface area contributed by atoms with Crippen LogP contribution in [0.2, 0.25) is 0 Å². The molecule has 0 atom stereocenters. The maximum absolute atomic E-state index is 11.7. The second kappa shape index (κ2) is 7.27. The third-order valence-electron chi connectivity index (χ3n) is 3.08. The van der Waals surface area contributed by atoms with Crippen molar-refractivity contribution in [3.05, 3.63) is 48.4 Å². The van der Waals surface area contributed by atoms with Gasteiger partial charge in [0.2, 0.25) is 17.6 Å². The first-order chi connectivity index (χ1) is 11.7. The van der Waals surface area contributed by atoms with E-state index in [0.717, 1.165) is 0 Å². The molecule has 124 valence electrons. The molecule has 9 heteroatoms. The Labute approximate surface area is 137 Å². The van der Waals surface area contributed by atoms with Gasteiger partial charge in [0.25, 0.3) is 0 Å². The summed E-state index contributed by atoms with van der Waals surface area (Å²) in [5, 5.41) is 9.12. The summed E-state index contributed by atoms with van der Waals surface area (Å²) >= 11 is 0. The van der Waals surface area contributed by atoms with Gasteiger partial charge in [-0.05, 0) is 18.2 Å². The van der Waals surface area contributed by atoms with E-state index in [0.29, 0.717) is 29.6 Å². The number of carbonyl (C=O) groups excluding carboxylic acids is 1. The van der Waals surface area contributed by atoms with Gasteiger partial charge in [-0.25, -0.2) is 9.78 Å². The first-order valence-corrected chi connectivity index (χ1v) is 7.11. The molecule has 0 aliphatic carbocycles. The minimum absolute atomic E-state index is 0.112. The zero-order valence-corrected chi connectivity index (χ0v) is 12.9. The molecule has 3 aromatic heterocycles. The SMILES string of the molecule is COc1ccc(-c2noc(CNC(=O)NCc3ccco3)n2)cn1. The van der Waals surface area contributed by atoms with Crippen LogP contribution in [-0.4, -0.2) is 28.3 Å². The van der Waals surface area contributed by atoms with Crippen LogP contribution in [0.5, 0.6) is 5.88 Å². The van der Waals surface area contributed by atoms with Crippen LogP contribution in [-0.2, 0) is 13.1 Å². The number of methoxy groups -OCH3 is 1. The maximum atomic E-state index is 11.7. The molecule has 0 unspecified atom stereocenters. The summed E-state index contributed by atoms with van der Waals surface area (Å²) in [6.07, 6.45) is 3.12. The summed E-state index contributed by atoms with van der Waals surface area (Å²) in [5.74, 6) is 1.83. The predicted octanol–water partition coefficient (Wildman–Crippen LogP) is 1.73. The van der Waals surface area contributed by atoms with E-state index in [1.165, 1.54) is 7.11 Å². The smallest absolute Gasteiger partial charge is 0.315 e. The molecular formula is C15H15N5O4. The number of pyridine rings is 1. The van der Waals surface area contributed by atoms with Crippen molar-refractivity contribution >= 4 is 6.03 Å². The van der Waals surface area contributed by atoms with E-state index in [1.54, 1.807) is 36.7 Å². The minimum atomic E-state index is -0.364. The molecule has 0 saturated heterocycles. The Morgan fingerprint density at radius 1 is 1.25 bits per heavy atom. The standard InChI is InChI=1S/C15H15N5O4/c1-22-12-5-4-10(7-16-12)14-19-13(24-20-14)9-18-15(21)17-8-11-3-2-6-23-11/h2-7H,8-9H2,1H3,(H2,17,18,21). The summed E-state index contributed by atoms with van der Waals surface area (Å²) in [5.41, 5.74) is 0.688. The number of furan rings is 1. The lowest BCUT2D eigenvalue weighted by Gasteiger charge is -2.03. The summed E-state index contributed by atoms with van der Waals surface area (Å²) in [6.45, 7) is 0.409. The van der Waals surface area contributed by atoms with Gasteiger partial charge in [-0.1, -0.05) is 5.16 Å². The lowest BCUT2D eigenvalue weighted by atomic mass is 10.3. The van der Waals surface area contributed by atoms with E-state index >= 15 is 0 Å². The van der Waals surface area contributed by atoms with Crippen LogP contribution in [0.4, 0.5) is 4.79 Å². The van der Waals surface area contributed by atoms with Crippen molar-refractivity contribution in [3.8, 4) is 17.3 Å². The second-order valence-electron chi connectivity index (χ2n) is 4.72. The summed E-state index contributed by atoms with van der Waals surface area (Å²) in [7, 11) is 1.54. The highest BCUT2D eigenvalue weighted by Gasteiger charge is 2.10. The van der Waals surface area contributed by atoms with E-state index in [9.17, 15) is 4.79 Å². The molecule has 3 heterocycles. The number of urea groups is 1. The molecule has 0 bridgehead atoms. The Bertz CT molecular complexity index is 783. The zero-order valence-electron chi connectivity index (χ0n) is 12.9. The fourth-order valence-electron chi connectivity index (χ4n) is 1.88. The average molecular weight is 329 g/mol. The van der Waals surface area contributed by atoms with Crippen LogP contribution >= 0.6 is 0 Å². The van der Waals surface area contributed by atoms with Gasteiger partial charge in [-0.15, -0.1) is 0 Å². The molecule has 0 fully saturated rings. The first kappa shape index (κ1) is 15.5. The van der Waals surface area contributed by atoms with Gasteiger partial charge >= 0.3 is 6.03 Å². The van der Waals surface area contributed by atoms with Gasteiger partial charge in [0.1, 0.15) is 5.76 Å². The van der Waals surface area contributed by atoms with E-state index in [4.69, 9.17) is 13.7 Å². The Balaban J connectivity index is 1.51. The van der Waals surface area contributed by atoms with Crippen LogP contribution in [0.25, 0.3) is 11.4 Å². The fourth-order valence-corrected chi connectivity index (χ4v) is 1.88.